The molecule has 1 atom stereocenters. The standard InChI is InChI=1S/C22H28N4O/c1-16-8-10-17(11-9-16)20-12-13-21(25-24-20)26-14-4-5-18(15-26)22(27)23-19-6-2-3-7-19/h8-13,18-19H,2-7,14-15H2,1H3,(H,23,27)/t18-/m0/s1. The van der Waals surface area contributed by atoms with Crippen LogP contribution in [0.1, 0.15) is 44.1 Å². The topological polar surface area (TPSA) is 58.1 Å². The van der Waals surface area contributed by atoms with E-state index in [-0.39, 0.29) is 11.8 Å². The first-order valence-corrected chi connectivity index (χ1v) is 10.1. The lowest BCUT2D eigenvalue weighted by atomic mass is 9.96. The second-order valence-corrected chi connectivity index (χ2v) is 7.92. The van der Waals surface area contributed by atoms with Crippen molar-refractivity contribution in [3.8, 4) is 11.3 Å². The molecule has 0 spiro atoms. The minimum Gasteiger partial charge on any atom is -0.354 e. The Hall–Kier alpha value is -2.43. The largest absolute Gasteiger partial charge is 0.354 e. The molecule has 142 valence electrons. The summed E-state index contributed by atoms with van der Waals surface area (Å²) in [6.07, 6.45) is 6.73. The Kier molecular flexibility index (Phi) is 5.37. The summed E-state index contributed by atoms with van der Waals surface area (Å²) in [5.41, 5.74) is 3.19. The maximum absolute atomic E-state index is 12.6. The number of aromatic nitrogens is 2. The summed E-state index contributed by atoms with van der Waals surface area (Å²) < 4.78 is 0. The van der Waals surface area contributed by atoms with Gasteiger partial charge >= 0.3 is 0 Å². The molecular formula is C22H28N4O. The van der Waals surface area contributed by atoms with Crippen molar-refractivity contribution in [3.05, 3.63) is 42.0 Å². The summed E-state index contributed by atoms with van der Waals surface area (Å²) in [6.45, 7) is 3.75. The number of carbonyl (C=O) groups is 1. The fraction of sp³-hybridized carbons (Fsp3) is 0.500. The average Bonchev–Trinajstić information content (AvgIpc) is 3.22. The van der Waals surface area contributed by atoms with Crippen LogP contribution in [0.5, 0.6) is 0 Å². The van der Waals surface area contributed by atoms with Gasteiger partial charge in [0.25, 0.3) is 0 Å². The van der Waals surface area contributed by atoms with Gasteiger partial charge < -0.3 is 10.2 Å². The number of aryl methyl sites for hydroxylation is 1. The highest BCUT2D eigenvalue weighted by atomic mass is 16.2. The van der Waals surface area contributed by atoms with Crippen molar-refractivity contribution in [2.24, 2.45) is 5.92 Å². The van der Waals surface area contributed by atoms with Gasteiger partial charge in [0.15, 0.2) is 5.82 Å². The molecule has 2 fully saturated rings. The number of nitrogens with one attached hydrogen (secondary N) is 1. The molecule has 5 heteroatoms. The van der Waals surface area contributed by atoms with Crippen molar-refractivity contribution in [1.82, 2.24) is 15.5 Å². The van der Waals surface area contributed by atoms with Gasteiger partial charge in [0.05, 0.1) is 11.6 Å². The number of carbonyl (C=O) groups excluding carboxylic acids is 1. The normalized spacial score (nSPS) is 20.6. The summed E-state index contributed by atoms with van der Waals surface area (Å²) in [5.74, 6) is 1.14. The second-order valence-electron chi connectivity index (χ2n) is 7.92. The maximum Gasteiger partial charge on any atom is 0.225 e. The molecule has 2 heterocycles. The Morgan fingerprint density at radius 1 is 1.00 bits per heavy atom. The Bertz CT molecular complexity index is 766. The first-order valence-electron chi connectivity index (χ1n) is 10.1. The highest BCUT2D eigenvalue weighted by molar-refractivity contribution is 5.80. The fourth-order valence-corrected chi connectivity index (χ4v) is 4.16. The zero-order chi connectivity index (χ0) is 18.6. The number of hydrogen-bond donors (Lipinski definition) is 1. The van der Waals surface area contributed by atoms with Crippen LogP contribution in [0.4, 0.5) is 5.82 Å². The molecule has 1 amide bonds. The van der Waals surface area contributed by atoms with Crippen LogP contribution in [0.3, 0.4) is 0 Å². The van der Waals surface area contributed by atoms with Crippen molar-refractivity contribution in [2.75, 3.05) is 18.0 Å². The van der Waals surface area contributed by atoms with E-state index in [1.165, 1.54) is 18.4 Å². The predicted molar refractivity (Wildman–Crippen MR) is 108 cm³/mol. The molecule has 27 heavy (non-hydrogen) atoms. The van der Waals surface area contributed by atoms with Crippen LogP contribution in [0.2, 0.25) is 0 Å². The van der Waals surface area contributed by atoms with E-state index in [4.69, 9.17) is 0 Å². The zero-order valence-electron chi connectivity index (χ0n) is 16.0. The van der Waals surface area contributed by atoms with Gasteiger partial charge in [-0.05, 0) is 44.7 Å². The molecular weight excluding hydrogens is 336 g/mol. The van der Waals surface area contributed by atoms with Gasteiger partial charge in [0, 0.05) is 24.7 Å². The van der Waals surface area contributed by atoms with Crippen LogP contribution < -0.4 is 10.2 Å². The summed E-state index contributed by atoms with van der Waals surface area (Å²) in [7, 11) is 0. The van der Waals surface area contributed by atoms with Gasteiger partial charge in [-0.1, -0.05) is 42.7 Å². The monoisotopic (exact) mass is 364 g/mol. The van der Waals surface area contributed by atoms with E-state index in [0.717, 1.165) is 55.8 Å². The number of benzene rings is 1. The molecule has 1 saturated heterocycles. The SMILES string of the molecule is Cc1ccc(-c2ccc(N3CCC[C@H](C(=O)NC4CCCC4)C3)nn2)cc1. The lowest BCUT2D eigenvalue weighted by molar-refractivity contribution is -0.125. The van der Waals surface area contributed by atoms with E-state index in [9.17, 15) is 4.79 Å². The van der Waals surface area contributed by atoms with Gasteiger partial charge in [-0.3, -0.25) is 4.79 Å². The van der Waals surface area contributed by atoms with Crippen molar-refractivity contribution in [3.63, 3.8) is 0 Å². The van der Waals surface area contributed by atoms with E-state index in [0.29, 0.717) is 6.04 Å². The first-order chi connectivity index (χ1) is 13.2. The highest BCUT2D eigenvalue weighted by Crippen LogP contribution is 2.25. The van der Waals surface area contributed by atoms with Crippen molar-refractivity contribution >= 4 is 11.7 Å². The van der Waals surface area contributed by atoms with Gasteiger partial charge in [-0.25, -0.2) is 0 Å². The Morgan fingerprint density at radius 2 is 1.78 bits per heavy atom. The quantitative estimate of drug-likeness (QED) is 0.898. The van der Waals surface area contributed by atoms with E-state index in [1.54, 1.807) is 0 Å². The molecule has 1 aromatic heterocycles. The van der Waals surface area contributed by atoms with Crippen LogP contribution in [0.15, 0.2) is 36.4 Å². The van der Waals surface area contributed by atoms with Crippen LogP contribution in [0.25, 0.3) is 11.3 Å². The number of nitrogens with zero attached hydrogens (tertiary/aromatic N) is 3. The summed E-state index contributed by atoms with van der Waals surface area (Å²) >= 11 is 0. The highest BCUT2D eigenvalue weighted by Gasteiger charge is 2.28. The minimum absolute atomic E-state index is 0.0536. The van der Waals surface area contributed by atoms with Gasteiger partial charge in [0.2, 0.25) is 5.91 Å². The molecule has 2 aromatic rings. The maximum atomic E-state index is 12.6. The van der Waals surface area contributed by atoms with Crippen molar-refractivity contribution < 1.29 is 4.79 Å². The molecule has 1 aliphatic heterocycles. The molecule has 1 saturated carbocycles. The molecule has 0 bridgehead atoms. The molecule has 1 aromatic carbocycles. The number of hydrogen-bond acceptors (Lipinski definition) is 4. The molecule has 0 radical (unpaired) electrons. The number of amides is 1. The number of piperidine rings is 1. The van der Waals surface area contributed by atoms with E-state index in [2.05, 4.69) is 51.6 Å². The Labute approximate surface area is 161 Å². The fourth-order valence-electron chi connectivity index (χ4n) is 4.16. The predicted octanol–water partition coefficient (Wildman–Crippen LogP) is 3.73. The number of anilines is 1. The third-order valence-corrected chi connectivity index (χ3v) is 5.82. The molecule has 5 nitrogen and oxygen atoms in total. The lowest BCUT2D eigenvalue weighted by Gasteiger charge is -2.33. The first kappa shape index (κ1) is 18.0. The lowest BCUT2D eigenvalue weighted by Crippen LogP contribution is -2.45. The summed E-state index contributed by atoms with van der Waals surface area (Å²) in [4.78, 5) is 14.8. The molecule has 2 aliphatic rings. The third kappa shape index (κ3) is 4.29. The van der Waals surface area contributed by atoms with Gasteiger partial charge in [0.1, 0.15) is 0 Å². The second kappa shape index (κ2) is 8.07. The van der Waals surface area contributed by atoms with Crippen LogP contribution in [0, 0.1) is 12.8 Å². The Balaban J connectivity index is 1.40. The Morgan fingerprint density at radius 3 is 2.48 bits per heavy atom. The van der Waals surface area contributed by atoms with Gasteiger partial charge in [-0.15, -0.1) is 10.2 Å². The van der Waals surface area contributed by atoms with Crippen molar-refractivity contribution in [1.29, 1.82) is 0 Å². The van der Waals surface area contributed by atoms with Crippen LogP contribution in [-0.2, 0) is 4.79 Å². The molecule has 1 N–H and O–H groups in total. The third-order valence-electron chi connectivity index (χ3n) is 5.82. The van der Waals surface area contributed by atoms with Crippen molar-refractivity contribution in [2.45, 2.75) is 51.5 Å². The van der Waals surface area contributed by atoms with E-state index < -0.39 is 0 Å². The van der Waals surface area contributed by atoms with E-state index in [1.807, 2.05) is 12.1 Å². The minimum atomic E-state index is 0.0536. The smallest absolute Gasteiger partial charge is 0.225 e. The van der Waals surface area contributed by atoms with Crippen LogP contribution in [-0.4, -0.2) is 35.2 Å². The van der Waals surface area contributed by atoms with Crippen LogP contribution >= 0.6 is 0 Å². The van der Waals surface area contributed by atoms with E-state index >= 15 is 0 Å². The molecule has 0 unspecified atom stereocenters. The molecule has 1 aliphatic carbocycles. The van der Waals surface area contributed by atoms with Gasteiger partial charge in [-0.2, -0.15) is 0 Å². The summed E-state index contributed by atoms with van der Waals surface area (Å²) in [6, 6.07) is 12.8. The number of rotatable bonds is 4. The zero-order valence-corrected chi connectivity index (χ0v) is 16.0. The average molecular weight is 364 g/mol. The molecule has 4 rings (SSSR count). The summed E-state index contributed by atoms with van der Waals surface area (Å²) in [5, 5.41) is 12.1.